The summed E-state index contributed by atoms with van der Waals surface area (Å²) in [7, 11) is 0. The lowest BCUT2D eigenvalue weighted by Crippen LogP contribution is -2.33. The first-order valence-electron chi connectivity index (χ1n) is 10.4. The van der Waals surface area contributed by atoms with Gasteiger partial charge in [-0.15, -0.1) is 0 Å². The van der Waals surface area contributed by atoms with Crippen molar-refractivity contribution in [2.75, 3.05) is 6.54 Å². The Morgan fingerprint density at radius 2 is 1.94 bits per heavy atom. The molecule has 6 nitrogen and oxygen atoms in total. The number of thiocarbonyl (C=S) groups is 1. The quantitative estimate of drug-likeness (QED) is 0.461. The highest BCUT2D eigenvalue weighted by atomic mass is 32.2. The van der Waals surface area contributed by atoms with Crippen molar-refractivity contribution in [2.45, 2.75) is 40.7 Å². The number of hydrogen-bond acceptors (Lipinski definition) is 6. The van der Waals surface area contributed by atoms with Crippen molar-refractivity contribution in [3.63, 3.8) is 0 Å². The second-order valence-electron chi connectivity index (χ2n) is 8.24. The highest BCUT2D eigenvalue weighted by Crippen LogP contribution is 2.38. The summed E-state index contributed by atoms with van der Waals surface area (Å²) in [6.45, 7) is 8.11. The Labute approximate surface area is 197 Å². The summed E-state index contributed by atoms with van der Waals surface area (Å²) in [5.41, 5.74) is 12.8. The molecule has 0 aliphatic carbocycles. The fourth-order valence-electron chi connectivity index (χ4n) is 3.72. The van der Waals surface area contributed by atoms with Crippen LogP contribution in [0.1, 0.15) is 41.9 Å². The molecule has 3 N–H and O–H groups in total. The Morgan fingerprint density at radius 3 is 2.50 bits per heavy atom. The van der Waals surface area contributed by atoms with Gasteiger partial charge < -0.3 is 10.8 Å². The van der Waals surface area contributed by atoms with Crippen molar-refractivity contribution in [3.8, 4) is 11.1 Å². The molecule has 1 aliphatic heterocycles. The Bertz CT molecular complexity index is 1110. The second kappa shape index (κ2) is 9.94. The molecule has 32 heavy (non-hydrogen) atoms. The van der Waals surface area contributed by atoms with Crippen molar-refractivity contribution in [3.05, 3.63) is 57.2 Å². The number of thioether (sulfide) groups is 1. The van der Waals surface area contributed by atoms with Crippen LogP contribution in [0.15, 0.2) is 29.2 Å². The van der Waals surface area contributed by atoms with E-state index < -0.39 is 18.4 Å². The normalized spacial score (nSPS) is 15.3. The lowest BCUT2D eigenvalue weighted by atomic mass is 9.89. The number of aromatic nitrogens is 1. The number of rotatable bonds is 7. The van der Waals surface area contributed by atoms with Crippen molar-refractivity contribution in [1.82, 2.24) is 9.88 Å². The van der Waals surface area contributed by atoms with Gasteiger partial charge in [0.15, 0.2) is 0 Å². The molecule has 1 fully saturated rings. The predicted octanol–water partition coefficient (Wildman–Crippen LogP) is 4.31. The molecule has 3 rings (SSSR count). The van der Waals surface area contributed by atoms with E-state index in [-0.39, 0.29) is 4.32 Å². The predicted molar refractivity (Wildman–Crippen MR) is 133 cm³/mol. The van der Waals surface area contributed by atoms with E-state index in [0.717, 1.165) is 62.3 Å². The van der Waals surface area contributed by atoms with Gasteiger partial charge in [0, 0.05) is 23.5 Å². The fourth-order valence-corrected chi connectivity index (χ4v) is 4.96. The molecule has 2 heterocycles. The van der Waals surface area contributed by atoms with Crippen LogP contribution in [-0.4, -0.2) is 37.7 Å². The monoisotopic (exact) mass is 469 g/mol. The first kappa shape index (κ1) is 24.1. The number of amides is 1. The van der Waals surface area contributed by atoms with Crippen LogP contribution in [0.3, 0.4) is 0 Å². The van der Waals surface area contributed by atoms with E-state index in [9.17, 15) is 9.59 Å². The van der Waals surface area contributed by atoms with Crippen LogP contribution < -0.4 is 5.73 Å². The van der Waals surface area contributed by atoms with E-state index in [1.807, 2.05) is 26.0 Å². The number of hydrogen-bond donors (Lipinski definition) is 2. The highest BCUT2D eigenvalue weighted by Gasteiger charge is 2.34. The standard InChI is InChI=1S/C24H27N3O3S2/c1-13(2)9-19-18(11-25)22(16-7-5-14(3)6-8-16)17(15(4)26-19)10-20-23(30)27(12-21(28)29)24(31)32-20/h5-8,10,13H,9,11-12,25H2,1-4H3,(H,28,29). The molecule has 0 spiro atoms. The minimum atomic E-state index is -1.11. The van der Waals surface area contributed by atoms with Gasteiger partial charge in [-0.05, 0) is 49.0 Å². The molecular weight excluding hydrogens is 442 g/mol. The molecule has 0 atom stereocenters. The summed E-state index contributed by atoms with van der Waals surface area (Å²) in [6.07, 6.45) is 2.57. The molecular formula is C24H27N3O3S2. The number of carbonyl (C=O) groups excluding carboxylic acids is 1. The van der Waals surface area contributed by atoms with Gasteiger partial charge in [-0.2, -0.15) is 0 Å². The van der Waals surface area contributed by atoms with E-state index in [4.69, 9.17) is 28.0 Å². The average Bonchev–Trinajstić information content (AvgIpc) is 2.97. The van der Waals surface area contributed by atoms with Crippen molar-refractivity contribution in [1.29, 1.82) is 0 Å². The summed E-state index contributed by atoms with van der Waals surface area (Å²) in [4.78, 5) is 30.4. The zero-order valence-electron chi connectivity index (χ0n) is 18.6. The third-order valence-electron chi connectivity index (χ3n) is 5.20. The zero-order chi connectivity index (χ0) is 23.6. The molecule has 8 heteroatoms. The van der Waals surface area contributed by atoms with Gasteiger partial charge in [0.05, 0.1) is 4.91 Å². The van der Waals surface area contributed by atoms with Crippen molar-refractivity contribution >= 4 is 46.3 Å². The van der Waals surface area contributed by atoms with Crippen LogP contribution in [0.4, 0.5) is 0 Å². The van der Waals surface area contributed by atoms with E-state index in [0.29, 0.717) is 17.4 Å². The number of carboxylic acid groups (broad SMARTS) is 1. The number of carboxylic acids is 1. The lowest BCUT2D eigenvalue weighted by Gasteiger charge is -2.20. The van der Waals surface area contributed by atoms with Crippen molar-refractivity contribution < 1.29 is 14.7 Å². The van der Waals surface area contributed by atoms with E-state index in [1.54, 1.807) is 6.08 Å². The molecule has 1 amide bonds. The maximum atomic E-state index is 12.9. The van der Waals surface area contributed by atoms with Crippen molar-refractivity contribution in [2.24, 2.45) is 11.7 Å². The summed E-state index contributed by atoms with van der Waals surface area (Å²) in [6, 6.07) is 8.19. The average molecular weight is 470 g/mol. The minimum Gasteiger partial charge on any atom is -0.480 e. The Balaban J connectivity index is 2.22. The largest absolute Gasteiger partial charge is 0.480 e. The van der Waals surface area contributed by atoms with Crippen LogP contribution >= 0.6 is 24.0 Å². The molecule has 168 valence electrons. The van der Waals surface area contributed by atoms with Gasteiger partial charge in [-0.1, -0.05) is 67.7 Å². The Morgan fingerprint density at radius 1 is 1.28 bits per heavy atom. The number of aliphatic carboxylic acids is 1. The zero-order valence-corrected chi connectivity index (χ0v) is 20.3. The molecule has 1 aromatic heterocycles. The summed E-state index contributed by atoms with van der Waals surface area (Å²) in [5.74, 6) is -1.10. The number of carbonyl (C=O) groups is 2. The fraction of sp³-hybridized carbons (Fsp3) is 0.333. The molecule has 1 aromatic carbocycles. The molecule has 1 saturated heterocycles. The number of nitrogens with two attached hydrogens (primary N) is 1. The summed E-state index contributed by atoms with van der Waals surface area (Å²) >= 11 is 6.36. The molecule has 0 unspecified atom stereocenters. The Hall–Kier alpha value is -2.55. The van der Waals surface area contributed by atoms with E-state index in [2.05, 4.69) is 26.0 Å². The lowest BCUT2D eigenvalue weighted by molar-refractivity contribution is -0.140. The SMILES string of the molecule is Cc1ccc(-c2c(C=C3SC(=S)N(CC(=O)O)C3=O)c(C)nc(CC(C)C)c2CN)cc1. The maximum Gasteiger partial charge on any atom is 0.323 e. The van der Waals surface area contributed by atoms with Crippen LogP contribution in [0.25, 0.3) is 17.2 Å². The number of pyridine rings is 1. The third kappa shape index (κ3) is 5.09. The molecule has 1 aliphatic rings. The summed E-state index contributed by atoms with van der Waals surface area (Å²) in [5, 5.41) is 9.11. The van der Waals surface area contributed by atoms with E-state index >= 15 is 0 Å². The number of nitrogens with zero attached hydrogens (tertiary/aromatic N) is 2. The topological polar surface area (TPSA) is 96.5 Å². The van der Waals surface area contributed by atoms with Crippen LogP contribution in [-0.2, 0) is 22.6 Å². The molecule has 0 bridgehead atoms. The van der Waals surface area contributed by atoms with Gasteiger partial charge in [0.1, 0.15) is 10.9 Å². The molecule has 0 radical (unpaired) electrons. The van der Waals surface area contributed by atoms with Gasteiger partial charge in [0.2, 0.25) is 0 Å². The van der Waals surface area contributed by atoms with Gasteiger partial charge in [0.25, 0.3) is 5.91 Å². The van der Waals surface area contributed by atoms with Gasteiger partial charge in [-0.25, -0.2) is 0 Å². The molecule has 2 aromatic rings. The number of aryl methyl sites for hydroxylation is 2. The molecule has 0 saturated carbocycles. The van der Waals surface area contributed by atoms with Crippen LogP contribution in [0.2, 0.25) is 0 Å². The smallest absolute Gasteiger partial charge is 0.323 e. The van der Waals surface area contributed by atoms with Gasteiger partial charge >= 0.3 is 5.97 Å². The van der Waals surface area contributed by atoms with E-state index in [1.165, 1.54) is 0 Å². The second-order valence-corrected chi connectivity index (χ2v) is 9.92. The van der Waals surface area contributed by atoms with Crippen LogP contribution in [0.5, 0.6) is 0 Å². The third-order valence-corrected chi connectivity index (χ3v) is 6.58. The van der Waals surface area contributed by atoms with Gasteiger partial charge in [-0.3, -0.25) is 19.5 Å². The Kier molecular flexibility index (Phi) is 7.48. The first-order valence-corrected chi connectivity index (χ1v) is 11.6. The first-order chi connectivity index (χ1) is 15.1. The summed E-state index contributed by atoms with van der Waals surface area (Å²) < 4.78 is 0.238. The minimum absolute atomic E-state index is 0.238. The van der Waals surface area contributed by atoms with Crippen LogP contribution in [0, 0.1) is 19.8 Å². The highest BCUT2D eigenvalue weighted by molar-refractivity contribution is 8.26. The number of benzene rings is 1. The maximum absolute atomic E-state index is 12.9.